The molecule has 0 aliphatic heterocycles. The highest BCUT2D eigenvalue weighted by Crippen LogP contribution is 2.34. The number of hydrogen-bond donors (Lipinski definition) is 1. The molecular formula is C14H15ClFNS. The molecule has 0 amide bonds. The van der Waals surface area contributed by atoms with Gasteiger partial charge in [-0.15, -0.1) is 11.3 Å². The molecule has 1 N–H and O–H groups in total. The molecule has 1 aromatic heterocycles. The molecule has 18 heavy (non-hydrogen) atoms. The number of aryl methyl sites for hydroxylation is 2. The van der Waals surface area contributed by atoms with E-state index in [2.05, 4.69) is 5.32 Å². The number of nitrogens with one attached hydrogen (secondary N) is 1. The van der Waals surface area contributed by atoms with Crippen molar-refractivity contribution in [1.29, 1.82) is 0 Å². The minimum atomic E-state index is -0.184. The molecule has 1 unspecified atom stereocenters. The van der Waals surface area contributed by atoms with E-state index >= 15 is 0 Å². The molecule has 0 radical (unpaired) electrons. The number of benzene rings is 1. The van der Waals surface area contributed by atoms with Crippen LogP contribution in [0.2, 0.25) is 4.34 Å². The Labute approximate surface area is 116 Å². The number of rotatable bonds is 3. The number of thiophene rings is 1. The first-order valence-corrected chi connectivity index (χ1v) is 6.91. The lowest BCUT2D eigenvalue weighted by Gasteiger charge is -2.16. The molecule has 1 aromatic carbocycles. The van der Waals surface area contributed by atoms with Gasteiger partial charge < -0.3 is 5.32 Å². The first-order chi connectivity index (χ1) is 8.52. The third-order valence-electron chi connectivity index (χ3n) is 2.92. The predicted octanol–water partition coefficient (Wildman–Crippen LogP) is 4.47. The van der Waals surface area contributed by atoms with Crippen LogP contribution in [-0.4, -0.2) is 7.05 Å². The molecule has 2 aromatic rings. The topological polar surface area (TPSA) is 12.0 Å². The third kappa shape index (κ3) is 2.58. The van der Waals surface area contributed by atoms with E-state index in [1.54, 1.807) is 6.07 Å². The zero-order valence-corrected chi connectivity index (χ0v) is 12.1. The minimum absolute atomic E-state index is 0.151. The second-order valence-electron chi connectivity index (χ2n) is 4.35. The zero-order chi connectivity index (χ0) is 13.3. The zero-order valence-electron chi connectivity index (χ0n) is 10.6. The molecule has 4 heteroatoms. The Hall–Kier alpha value is -0.900. The van der Waals surface area contributed by atoms with Crippen molar-refractivity contribution in [3.05, 3.63) is 56.0 Å². The lowest BCUT2D eigenvalue weighted by atomic mass is 10.0. The van der Waals surface area contributed by atoms with Gasteiger partial charge in [-0.2, -0.15) is 0 Å². The average Bonchev–Trinajstić information content (AvgIpc) is 2.63. The van der Waals surface area contributed by atoms with Gasteiger partial charge in [0.25, 0.3) is 0 Å². The minimum Gasteiger partial charge on any atom is -0.309 e. The van der Waals surface area contributed by atoms with Crippen molar-refractivity contribution in [2.75, 3.05) is 7.05 Å². The van der Waals surface area contributed by atoms with E-state index < -0.39 is 0 Å². The summed E-state index contributed by atoms with van der Waals surface area (Å²) in [5.41, 5.74) is 2.61. The SMILES string of the molecule is CNC(c1cc(C)c(Cl)s1)c1ccc(C)cc1F. The second-order valence-corrected chi connectivity index (χ2v) is 6.04. The Morgan fingerprint density at radius 2 is 2.00 bits per heavy atom. The van der Waals surface area contributed by atoms with Gasteiger partial charge >= 0.3 is 0 Å². The maximum absolute atomic E-state index is 14.0. The molecule has 0 fully saturated rings. The van der Waals surface area contributed by atoms with Crippen LogP contribution in [-0.2, 0) is 0 Å². The molecule has 0 aliphatic rings. The number of halogens is 2. The molecule has 0 spiro atoms. The van der Waals surface area contributed by atoms with Crippen molar-refractivity contribution in [3.8, 4) is 0 Å². The van der Waals surface area contributed by atoms with Gasteiger partial charge in [-0.1, -0.05) is 23.7 Å². The van der Waals surface area contributed by atoms with Gasteiger partial charge in [0.1, 0.15) is 5.82 Å². The van der Waals surface area contributed by atoms with Crippen molar-refractivity contribution in [2.45, 2.75) is 19.9 Å². The molecule has 2 rings (SSSR count). The maximum Gasteiger partial charge on any atom is 0.128 e. The van der Waals surface area contributed by atoms with Gasteiger partial charge in [-0.25, -0.2) is 4.39 Å². The molecule has 0 saturated carbocycles. The van der Waals surface area contributed by atoms with Crippen molar-refractivity contribution in [2.24, 2.45) is 0 Å². The van der Waals surface area contributed by atoms with E-state index in [1.165, 1.54) is 11.3 Å². The molecule has 0 aliphatic carbocycles. The molecule has 0 bridgehead atoms. The van der Waals surface area contributed by atoms with E-state index in [0.29, 0.717) is 5.56 Å². The number of hydrogen-bond acceptors (Lipinski definition) is 2. The monoisotopic (exact) mass is 283 g/mol. The Bertz CT molecular complexity index is 545. The van der Waals surface area contributed by atoms with E-state index in [9.17, 15) is 4.39 Å². The summed E-state index contributed by atoms with van der Waals surface area (Å²) in [6.07, 6.45) is 0. The summed E-state index contributed by atoms with van der Waals surface area (Å²) in [6.45, 7) is 3.84. The smallest absolute Gasteiger partial charge is 0.128 e. The second kappa shape index (κ2) is 5.39. The maximum atomic E-state index is 14.0. The van der Waals surface area contributed by atoms with Gasteiger partial charge in [-0.05, 0) is 44.2 Å². The molecule has 1 heterocycles. The summed E-state index contributed by atoms with van der Waals surface area (Å²) >= 11 is 7.57. The molecule has 1 atom stereocenters. The van der Waals surface area contributed by atoms with Crippen LogP contribution in [0.15, 0.2) is 24.3 Å². The van der Waals surface area contributed by atoms with Crippen LogP contribution >= 0.6 is 22.9 Å². The average molecular weight is 284 g/mol. The van der Waals surface area contributed by atoms with Crippen LogP contribution in [0.3, 0.4) is 0 Å². The fourth-order valence-electron chi connectivity index (χ4n) is 1.94. The van der Waals surface area contributed by atoms with Gasteiger partial charge in [0, 0.05) is 10.4 Å². The summed E-state index contributed by atoms with van der Waals surface area (Å²) in [4.78, 5) is 1.03. The molecular weight excluding hydrogens is 269 g/mol. The van der Waals surface area contributed by atoms with E-state index in [1.807, 2.05) is 39.1 Å². The highest BCUT2D eigenvalue weighted by atomic mass is 35.5. The first-order valence-electron chi connectivity index (χ1n) is 5.72. The molecule has 0 saturated heterocycles. The summed E-state index contributed by atoms with van der Waals surface area (Å²) in [5.74, 6) is -0.184. The van der Waals surface area contributed by atoms with Crippen molar-refractivity contribution >= 4 is 22.9 Å². The summed E-state index contributed by atoms with van der Waals surface area (Å²) in [5, 5.41) is 3.15. The van der Waals surface area contributed by atoms with E-state index in [0.717, 1.165) is 20.3 Å². The van der Waals surface area contributed by atoms with Crippen LogP contribution < -0.4 is 5.32 Å². The quantitative estimate of drug-likeness (QED) is 0.876. The van der Waals surface area contributed by atoms with E-state index in [-0.39, 0.29) is 11.9 Å². The van der Waals surface area contributed by atoms with Crippen molar-refractivity contribution in [1.82, 2.24) is 5.32 Å². The Kier molecular flexibility index (Phi) is 4.05. The molecule has 96 valence electrons. The summed E-state index contributed by atoms with van der Waals surface area (Å²) in [7, 11) is 1.83. The normalized spacial score (nSPS) is 12.7. The molecule has 1 nitrogen and oxygen atoms in total. The van der Waals surface area contributed by atoms with Gasteiger partial charge in [0.15, 0.2) is 0 Å². The van der Waals surface area contributed by atoms with Gasteiger partial charge in [0.05, 0.1) is 10.4 Å². The fraction of sp³-hybridized carbons (Fsp3) is 0.286. The summed E-state index contributed by atoms with van der Waals surface area (Å²) in [6, 6.07) is 7.16. The Morgan fingerprint density at radius 3 is 2.50 bits per heavy atom. The Morgan fingerprint density at radius 1 is 1.28 bits per heavy atom. The van der Waals surface area contributed by atoms with Gasteiger partial charge in [-0.3, -0.25) is 0 Å². The largest absolute Gasteiger partial charge is 0.309 e. The van der Waals surface area contributed by atoms with Crippen LogP contribution in [0.4, 0.5) is 4.39 Å². The first kappa shape index (κ1) is 13.5. The summed E-state index contributed by atoms with van der Waals surface area (Å²) < 4.78 is 14.8. The van der Waals surface area contributed by atoms with Crippen LogP contribution in [0.5, 0.6) is 0 Å². The van der Waals surface area contributed by atoms with Crippen molar-refractivity contribution < 1.29 is 4.39 Å². The highest BCUT2D eigenvalue weighted by Gasteiger charge is 2.19. The van der Waals surface area contributed by atoms with Gasteiger partial charge in [0.2, 0.25) is 0 Å². The Balaban J connectivity index is 2.45. The van der Waals surface area contributed by atoms with Crippen LogP contribution in [0.25, 0.3) is 0 Å². The van der Waals surface area contributed by atoms with Crippen LogP contribution in [0, 0.1) is 19.7 Å². The third-order valence-corrected chi connectivity index (χ3v) is 4.54. The highest BCUT2D eigenvalue weighted by molar-refractivity contribution is 7.16. The van der Waals surface area contributed by atoms with Crippen LogP contribution in [0.1, 0.15) is 27.6 Å². The lowest BCUT2D eigenvalue weighted by Crippen LogP contribution is -2.17. The fourth-order valence-corrected chi connectivity index (χ4v) is 3.29. The standard InChI is InChI=1S/C14H15ClFNS/c1-8-4-5-10(11(16)6-8)13(17-3)12-7-9(2)14(15)18-12/h4-7,13,17H,1-3H3. The van der Waals surface area contributed by atoms with Crippen molar-refractivity contribution in [3.63, 3.8) is 0 Å². The van der Waals surface area contributed by atoms with E-state index in [4.69, 9.17) is 11.6 Å². The lowest BCUT2D eigenvalue weighted by molar-refractivity contribution is 0.578. The predicted molar refractivity (Wildman–Crippen MR) is 76.1 cm³/mol.